The molecule has 2 aliphatic rings. The highest BCUT2D eigenvalue weighted by Crippen LogP contribution is 2.27. The van der Waals surface area contributed by atoms with Gasteiger partial charge in [-0.1, -0.05) is 42.5 Å². The molecule has 2 aromatic carbocycles. The van der Waals surface area contributed by atoms with Gasteiger partial charge in [-0.3, -0.25) is 9.59 Å². The molecule has 1 aromatic heterocycles. The third-order valence-electron chi connectivity index (χ3n) is 6.06. The molecule has 5 rings (SSSR count). The summed E-state index contributed by atoms with van der Waals surface area (Å²) in [6.07, 6.45) is 2.82. The zero-order valence-electron chi connectivity index (χ0n) is 17.1. The maximum absolute atomic E-state index is 13.2. The number of carbonyl (C=O) groups is 2. The van der Waals surface area contributed by atoms with Crippen LogP contribution in [0.3, 0.4) is 0 Å². The molecule has 0 bridgehead atoms. The zero-order valence-corrected chi connectivity index (χ0v) is 17.1. The van der Waals surface area contributed by atoms with Gasteiger partial charge in [0.15, 0.2) is 5.76 Å². The second-order valence-electron chi connectivity index (χ2n) is 8.13. The minimum absolute atomic E-state index is 0.145. The molecule has 0 aliphatic carbocycles. The first-order valence-electron chi connectivity index (χ1n) is 10.6. The second-order valence-corrected chi connectivity index (χ2v) is 8.13. The van der Waals surface area contributed by atoms with E-state index in [9.17, 15) is 9.59 Å². The van der Waals surface area contributed by atoms with Crippen molar-refractivity contribution >= 4 is 11.8 Å². The van der Waals surface area contributed by atoms with Crippen molar-refractivity contribution in [2.24, 2.45) is 5.92 Å². The average Bonchev–Trinajstić information content (AvgIpc) is 3.36. The van der Waals surface area contributed by atoms with Gasteiger partial charge in [0.2, 0.25) is 5.91 Å². The van der Waals surface area contributed by atoms with Crippen LogP contribution >= 0.6 is 0 Å². The SMILES string of the molecule is O=C(NCC1COc2ccccc2C1)C1Cc2ccccc2CN1C(=O)c1ccco1. The summed E-state index contributed by atoms with van der Waals surface area (Å²) in [4.78, 5) is 27.9. The molecule has 3 aromatic rings. The lowest BCUT2D eigenvalue weighted by atomic mass is 9.92. The number of amides is 2. The Balaban J connectivity index is 1.30. The van der Waals surface area contributed by atoms with Crippen molar-refractivity contribution in [2.75, 3.05) is 13.2 Å². The second kappa shape index (κ2) is 8.30. The summed E-state index contributed by atoms with van der Waals surface area (Å²) in [7, 11) is 0. The number of furan rings is 1. The van der Waals surface area contributed by atoms with Crippen LogP contribution in [0.5, 0.6) is 5.75 Å². The molecule has 0 saturated heterocycles. The molecule has 0 spiro atoms. The molecule has 31 heavy (non-hydrogen) atoms. The summed E-state index contributed by atoms with van der Waals surface area (Å²) in [5, 5.41) is 3.07. The number of hydrogen-bond donors (Lipinski definition) is 1. The Morgan fingerprint density at radius 2 is 1.71 bits per heavy atom. The van der Waals surface area contributed by atoms with Crippen molar-refractivity contribution in [3.63, 3.8) is 0 Å². The average molecular weight is 416 g/mol. The van der Waals surface area contributed by atoms with E-state index in [2.05, 4.69) is 11.4 Å². The molecule has 2 unspecified atom stereocenters. The topological polar surface area (TPSA) is 71.8 Å². The van der Waals surface area contributed by atoms with Gasteiger partial charge in [-0.25, -0.2) is 0 Å². The van der Waals surface area contributed by atoms with E-state index in [4.69, 9.17) is 9.15 Å². The molecule has 1 N–H and O–H groups in total. The lowest BCUT2D eigenvalue weighted by Gasteiger charge is -2.36. The van der Waals surface area contributed by atoms with Gasteiger partial charge >= 0.3 is 0 Å². The Morgan fingerprint density at radius 3 is 2.52 bits per heavy atom. The zero-order chi connectivity index (χ0) is 21.2. The Kier molecular flexibility index (Phi) is 5.20. The lowest BCUT2D eigenvalue weighted by Crippen LogP contribution is -2.53. The van der Waals surface area contributed by atoms with E-state index in [0.717, 1.165) is 28.9 Å². The van der Waals surface area contributed by atoms with Gasteiger partial charge in [-0.2, -0.15) is 0 Å². The number of ether oxygens (including phenoxy) is 1. The van der Waals surface area contributed by atoms with Crippen LogP contribution in [0.25, 0.3) is 0 Å². The van der Waals surface area contributed by atoms with Crippen LogP contribution in [0.15, 0.2) is 71.3 Å². The fourth-order valence-electron chi connectivity index (χ4n) is 4.40. The fourth-order valence-corrected chi connectivity index (χ4v) is 4.40. The van der Waals surface area contributed by atoms with Crippen molar-refractivity contribution in [1.82, 2.24) is 10.2 Å². The number of fused-ring (bicyclic) bond motifs is 2. The third kappa shape index (κ3) is 3.93. The lowest BCUT2D eigenvalue weighted by molar-refractivity contribution is -0.126. The predicted molar refractivity (Wildman–Crippen MR) is 115 cm³/mol. The molecule has 0 saturated carbocycles. The Morgan fingerprint density at radius 1 is 0.935 bits per heavy atom. The van der Waals surface area contributed by atoms with E-state index in [1.807, 2.05) is 42.5 Å². The van der Waals surface area contributed by atoms with E-state index in [0.29, 0.717) is 26.1 Å². The normalized spacial score (nSPS) is 19.7. The molecule has 2 atom stereocenters. The van der Waals surface area contributed by atoms with Crippen LogP contribution in [-0.2, 0) is 24.2 Å². The van der Waals surface area contributed by atoms with Gasteiger partial charge < -0.3 is 19.4 Å². The molecule has 0 fully saturated rings. The highest BCUT2D eigenvalue weighted by molar-refractivity contribution is 5.96. The number of carbonyl (C=O) groups excluding carboxylic acids is 2. The third-order valence-corrected chi connectivity index (χ3v) is 6.06. The van der Waals surface area contributed by atoms with Gasteiger partial charge in [-0.15, -0.1) is 0 Å². The van der Waals surface area contributed by atoms with E-state index in [1.54, 1.807) is 17.0 Å². The van der Waals surface area contributed by atoms with Gasteiger partial charge in [0.05, 0.1) is 12.9 Å². The number of benzene rings is 2. The van der Waals surface area contributed by atoms with Crippen LogP contribution in [0.1, 0.15) is 27.2 Å². The number of rotatable bonds is 4. The first-order valence-corrected chi connectivity index (χ1v) is 10.6. The van der Waals surface area contributed by atoms with Crippen LogP contribution in [-0.4, -0.2) is 35.9 Å². The highest BCUT2D eigenvalue weighted by atomic mass is 16.5. The molecule has 158 valence electrons. The minimum Gasteiger partial charge on any atom is -0.493 e. The summed E-state index contributed by atoms with van der Waals surface area (Å²) >= 11 is 0. The fraction of sp³-hybridized carbons (Fsp3) is 0.280. The first kappa shape index (κ1) is 19.4. The number of nitrogens with one attached hydrogen (secondary N) is 1. The standard InChI is InChI=1S/C25H24N2O4/c28-24(26-14-17-12-19-7-3-4-9-22(19)31-16-17)21-13-18-6-1-2-8-20(18)15-27(21)25(29)23-10-5-11-30-23/h1-11,17,21H,12-16H2,(H,26,28). The van der Waals surface area contributed by atoms with Crippen molar-refractivity contribution in [2.45, 2.75) is 25.4 Å². The van der Waals surface area contributed by atoms with Crippen LogP contribution < -0.4 is 10.1 Å². The van der Waals surface area contributed by atoms with Gasteiger partial charge in [0.1, 0.15) is 11.8 Å². The maximum atomic E-state index is 13.2. The van der Waals surface area contributed by atoms with Crippen molar-refractivity contribution < 1.29 is 18.7 Å². The summed E-state index contributed by atoms with van der Waals surface area (Å²) in [5.74, 6) is 0.949. The molecular weight excluding hydrogens is 392 g/mol. The van der Waals surface area contributed by atoms with E-state index in [-0.39, 0.29) is 23.5 Å². The molecular formula is C25H24N2O4. The summed E-state index contributed by atoms with van der Waals surface area (Å²) in [5.41, 5.74) is 3.32. The maximum Gasteiger partial charge on any atom is 0.290 e. The molecule has 6 heteroatoms. The quantitative estimate of drug-likeness (QED) is 0.709. The number of para-hydroxylation sites is 1. The van der Waals surface area contributed by atoms with E-state index < -0.39 is 6.04 Å². The Labute approximate surface area is 180 Å². The molecule has 6 nitrogen and oxygen atoms in total. The van der Waals surface area contributed by atoms with Crippen LogP contribution in [0, 0.1) is 5.92 Å². The summed E-state index contributed by atoms with van der Waals surface area (Å²) in [6, 6.07) is 18.7. The molecule has 2 aliphatic heterocycles. The van der Waals surface area contributed by atoms with Crippen molar-refractivity contribution in [3.05, 3.63) is 89.4 Å². The van der Waals surface area contributed by atoms with Gasteiger partial charge in [-0.05, 0) is 41.3 Å². The molecule has 3 heterocycles. The predicted octanol–water partition coefficient (Wildman–Crippen LogP) is 3.21. The van der Waals surface area contributed by atoms with Crippen molar-refractivity contribution in [3.8, 4) is 5.75 Å². The number of hydrogen-bond acceptors (Lipinski definition) is 4. The highest BCUT2D eigenvalue weighted by Gasteiger charge is 2.36. The Bertz CT molecular complexity index is 1090. The van der Waals surface area contributed by atoms with E-state index >= 15 is 0 Å². The van der Waals surface area contributed by atoms with E-state index in [1.165, 1.54) is 6.26 Å². The van der Waals surface area contributed by atoms with Gasteiger partial charge in [0, 0.05) is 25.4 Å². The first-order chi connectivity index (χ1) is 15.2. The summed E-state index contributed by atoms with van der Waals surface area (Å²) in [6.45, 7) is 1.46. The van der Waals surface area contributed by atoms with Crippen LogP contribution in [0.2, 0.25) is 0 Å². The Hall–Kier alpha value is -3.54. The molecule has 2 amide bonds. The number of nitrogens with zero attached hydrogens (tertiary/aromatic N) is 1. The minimum atomic E-state index is -0.579. The molecule has 0 radical (unpaired) electrons. The van der Waals surface area contributed by atoms with Crippen molar-refractivity contribution in [1.29, 1.82) is 0 Å². The summed E-state index contributed by atoms with van der Waals surface area (Å²) < 4.78 is 11.2. The largest absolute Gasteiger partial charge is 0.493 e. The van der Waals surface area contributed by atoms with Gasteiger partial charge in [0.25, 0.3) is 5.91 Å². The smallest absolute Gasteiger partial charge is 0.290 e. The monoisotopic (exact) mass is 416 g/mol. The van der Waals surface area contributed by atoms with Crippen LogP contribution in [0.4, 0.5) is 0 Å².